The average molecular weight is 279 g/mol. The van der Waals surface area contributed by atoms with Crippen molar-refractivity contribution in [3.05, 3.63) is 34.9 Å². The van der Waals surface area contributed by atoms with Gasteiger partial charge in [-0.1, -0.05) is 0 Å². The molecule has 19 heavy (non-hydrogen) atoms. The Bertz CT molecular complexity index is 527. The molecule has 8 heteroatoms. The Morgan fingerprint density at radius 1 is 1.05 bits per heavy atom. The first-order valence-electron chi connectivity index (χ1n) is 5.31. The molecule has 0 aliphatic carbocycles. The fourth-order valence-electron chi connectivity index (χ4n) is 1.83. The van der Waals surface area contributed by atoms with E-state index in [1.165, 1.54) is 0 Å². The fourth-order valence-corrected chi connectivity index (χ4v) is 1.83. The molecule has 0 saturated carbocycles. The van der Waals surface area contributed by atoms with Crippen LogP contribution >= 0.6 is 0 Å². The number of carbonyl (C=O) groups excluding carboxylic acids is 1. The van der Waals surface area contributed by atoms with Gasteiger partial charge in [0.1, 0.15) is 0 Å². The van der Waals surface area contributed by atoms with Crippen LogP contribution in [0.5, 0.6) is 0 Å². The Labute approximate surface area is 104 Å². The topological polar surface area (TPSA) is 60.8 Å². The van der Waals surface area contributed by atoms with Crippen molar-refractivity contribution in [3.8, 4) is 0 Å². The van der Waals surface area contributed by atoms with Gasteiger partial charge in [-0.05, 0) is 6.07 Å². The molecule has 0 aromatic heterocycles. The molecule has 2 atom stereocenters. The van der Waals surface area contributed by atoms with Crippen LogP contribution in [0.25, 0.3) is 0 Å². The van der Waals surface area contributed by atoms with E-state index >= 15 is 0 Å². The van der Waals surface area contributed by atoms with Gasteiger partial charge >= 0.3 is 0 Å². The SMILES string of the molecule is O=C(c1cc(F)c(F)c(F)c1F)N1C[C@@H](O)[C@@H](O)C1. The molecule has 4 nitrogen and oxygen atoms in total. The van der Waals surface area contributed by atoms with Crippen LogP contribution in [0.3, 0.4) is 0 Å². The van der Waals surface area contributed by atoms with Crippen LogP contribution in [-0.2, 0) is 0 Å². The Hall–Kier alpha value is -1.67. The zero-order valence-corrected chi connectivity index (χ0v) is 9.41. The average Bonchev–Trinajstić information content (AvgIpc) is 2.71. The third kappa shape index (κ3) is 2.28. The predicted octanol–water partition coefficient (Wildman–Crippen LogP) is 0.421. The maximum atomic E-state index is 13.4. The summed E-state index contributed by atoms with van der Waals surface area (Å²) in [6.45, 7) is -0.611. The van der Waals surface area contributed by atoms with Crippen molar-refractivity contribution in [2.45, 2.75) is 12.2 Å². The lowest BCUT2D eigenvalue weighted by atomic mass is 10.1. The number of benzene rings is 1. The van der Waals surface area contributed by atoms with Crippen LogP contribution in [0.2, 0.25) is 0 Å². The lowest BCUT2D eigenvalue weighted by molar-refractivity contribution is 0.0572. The van der Waals surface area contributed by atoms with Gasteiger partial charge < -0.3 is 15.1 Å². The molecule has 0 unspecified atom stereocenters. The van der Waals surface area contributed by atoms with E-state index in [4.69, 9.17) is 0 Å². The van der Waals surface area contributed by atoms with Crippen LogP contribution in [0.4, 0.5) is 17.6 Å². The summed E-state index contributed by atoms with van der Waals surface area (Å²) >= 11 is 0. The molecule has 0 radical (unpaired) electrons. The van der Waals surface area contributed by atoms with Crippen molar-refractivity contribution < 1.29 is 32.6 Å². The molecule has 1 heterocycles. The summed E-state index contributed by atoms with van der Waals surface area (Å²) in [7, 11) is 0. The molecule has 2 N–H and O–H groups in total. The number of carbonyl (C=O) groups is 1. The molecule has 1 aromatic rings. The summed E-state index contributed by atoms with van der Waals surface area (Å²) in [5.41, 5.74) is -0.988. The molecule has 1 aromatic carbocycles. The summed E-state index contributed by atoms with van der Waals surface area (Å²) in [5.74, 6) is -8.72. The molecule has 1 aliphatic rings. The second-order valence-electron chi connectivity index (χ2n) is 4.19. The van der Waals surface area contributed by atoms with E-state index in [-0.39, 0.29) is 19.2 Å². The molecule has 1 aliphatic heterocycles. The van der Waals surface area contributed by atoms with Crippen molar-refractivity contribution in [1.82, 2.24) is 4.90 Å². The number of nitrogens with zero attached hydrogens (tertiary/aromatic N) is 1. The van der Waals surface area contributed by atoms with Gasteiger partial charge in [-0.3, -0.25) is 4.79 Å². The minimum Gasteiger partial charge on any atom is -0.388 e. The molecule has 2 rings (SSSR count). The minimum absolute atomic E-state index is 0.243. The van der Waals surface area contributed by atoms with Gasteiger partial charge in [0.2, 0.25) is 0 Å². The Morgan fingerprint density at radius 3 is 2.11 bits per heavy atom. The maximum absolute atomic E-state index is 13.4. The van der Waals surface area contributed by atoms with E-state index in [2.05, 4.69) is 0 Å². The predicted molar refractivity (Wildman–Crippen MR) is 54.2 cm³/mol. The monoisotopic (exact) mass is 279 g/mol. The van der Waals surface area contributed by atoms with E-state index in [1.807, 2.05) is 0 Å². The second-order valence-corrected chi connectivity index (χ2v) is 4.19. The van der Waals surface area contributed by atoms with Crippen molar-refractivity contribution in [3.63, 3.8) is 0 Å². The van der Waals surface area contributed by atoms with Gasteiger partial charge in [0.25, 0.3) is 5.91 Å². The van der Waals surface area contributed by atoms with Crippen molar-refractivity contribution in [1.29, 1.82) is 0 Å². The van der Waals surface area contributed by atoms with E-state index < -0.39 is 46.9 Å². The highest BCUT2D eigenvalue weighted by molar-refractivity contribution is 5.94. The van der Waals surface area contributed by atoms with Gasteiger partial charge in [-0.2, -0.15) is 0 Å². The van der Waals surface area contributed by atoms with Crippen LogP contribution in [0.15, 0.2) is 6.07 Å². The highest BCUT2D eigenvalue weighted by Crippen LogP contribution is 2.22. The van der Waals surface area contributed by atoms with Gasteiger partial charge in [0, 0.05) is 13.1 Å². The molecule has 1 saturated heterocycles. The molecular weight excluding hydrogens is 270 g/mol. The third-order valence-corrected chi connectivity index (χ3v) is 2.88. The van der Waals surface area contributed by atoms with E-state index in [0.29, 0.717) is 0 Å². The van der Waals surface area contributed by atoms with E-state index in [9.17, 15) is 32.6 Å². The Balaban J connectivity index is 2.35. The maximum Gasteiger partial charge on any atom is 0.257 e. The molecule has 1 amide bonds. The van der Waals surface area contributed by atoms with Crippen molar-refractivity contribution in [2.75, 3.05) is 13.1 Å². The lowest BCUT2D eigenvalue weighted by Gasteiger charge is -2.16. The number of halogens is 4. The fraction of sp³-hybridized carbons (Fsp3) is 0.364. The first-order chi connectivity index (χ1) is 8.82. The first-order valence-corrected chi connectivity index (χ1v) is 5.31. The molecule has 1 fully saturated rings. The summed E-state index contributed by atoms with van der Waals surface area (Å²) in [5, 5.41) is 18.5. The van der Waals surface area contributed by atoms with Crippen LogP contribution < -0.4 is 0 Å². The minimum atomic E-state index is -2.08. The van der Waals surface area contributed by atoms with Gasteiger partial charge in [0.05, 0.1) is 17.8 Å². The van der Waals surface area contributed by atoms with Crippen molar-refractivity contribution in [2.24, 2.45) is 0 Å². The standard InChI is InChI=1S/C11H9F4NO3/c12-5-1-4(8(13)10(15)9(5)14)11(19)16-2-6(17)7(18)3-16/h1,6-7,17-18H,2-3H2/t6-,7+. The Kier molecular flexibility index (Phi) is 3.46. The van der Waals surface area contributed by atoms with E-state index in [0.717, 1.165) is 4.90 Å². The largest absolute Gasteiger partial charge is 0.388 e. The molecule has 0 spiro atoms. The zero-order valence-electron chi connectivity index (χ0n) is 9.41. The number of hydrogen-bond acceptors (Lipinski definition) is 3. The molecule has 104 valence electrons. The number of likely N-dealkylation sites (tertiary alicyclic amines) is 1. The number of aliphatic hydroxyl groups excluding tert-OH is 2. The number of hydrogen-bond donors (Lipinski definition) is 2. The zero-order chi connectivity index (χ0) is 14.3. The summed E-state index contributed by atoms with van der Waals surface area (Å²) in [6.07, 6.45) is -2.44. The molecular formula is C11H9F4NO3. The van der Waals surface area contributed by atoms with Crippen LogP contribution in [0, 0.1) is 23.3 Å². The highest BCUT2D eigenvalue weighted by atomic mass is 19.2. The Morgan fingerprint density at radius 2 is 1.58 bits per heavy atom. The number of aliphatic hydroxyl groups is 2. The van der Waals surface area contributed by atoms with Crippen LogP contribution in [0.1, 0.15) is 10.4 Å². The van der Waals surface area contributed by atoms with Crippen molar-refractivity contribution >= 4 is 5.91 Å². The first kappa shape index (κ1) is 13.8. The number of β-amino-alcohol motifs (C(OH)–C–C–N with tert-alkyl or cyclic N) is 2. The second kappa shape index (κ2) is 4.78. The highest BCUT2D eigenvalue weighted by Gasteiger charge is 2.35. The van der Waals surface area contributed by atoms with Gasteiger partial charge in [-0.15, -0.1) is 0 Å². The van der Waals surface area contributed by atoms with Gasteiger partial charge in [-0.25, -0.2) is 17.6 Å². The normalized spacial score (nSPS) is 22.9. The molecule has 0 bridgehead atoms. The lowest BCUT2D eigenvalue weighted by Crippen LogP contribution is -2.31. The van der Waals surface area contributed by atoms with Crippen LogP contribution in [-0.4, -0.2) is 46.3 Å². The van der Waals surface area contributed by atoms with E-state index in [1.54, 1.807) is 0 Å². The summed E-state index contributed by atoms with van der Waals surface area (Å²) < 4.78 is 52.1. The van der Waals surface area contributed by atoms with Gasteiger partial charge in [0.15, 0.2) is 23.3 Å². The summed E-state index contributed by atoms with van der Waals surface area (Å²) in [4.78, 5) is 12.6. The third-order valence-electron chi connectivity index (χ3n) is 2.88. The quantitative estimate of drug-likeness (QED) is 0.445. The summed E-state index contributed by atoms with van der Waals surface area (Å²) in [6, 6.07) is 0.243. The smallest absolute Gasteiger partial charge is 0.257 e. The number of rotatable bonds is 1. The number of amides is 1.